The standard InChI is InChI=1S/C61H100O6/c1-4-7-10-13-16-19-22-25-28-31-34-36-39-42-45-48-51-54-60(63)66-57-58(67-61(64)55-52-49-46-43-40-37-33-30-27-24-21-18-15-12-9-6-3)56-65-59(62)53-50-47-44-41-38-35-32-29-26-23-20-17-14-11-8-5-2/h8-9,11-12,16-21,25-30,37,40,58H,4-7,10,13-15,22-24,31-36,38-39,41-57H2,1-3H3/b11-8-,12-9-,19-16-,20-17-,21-18-,28-25-,29-26-,30-27-,40-37-. The molecular weight excluding hydrogens is 829 g/mol. The second-order valence-corrected chi connectivity index (χ2v) is 17.7. The molecule has 0 heterocycles. The summed E-state index contributed by atoms with van der Waals surface area (Å²) >= 11 is 0. The molecule has 67 heavy (non-hydrogen) atoms. The SMILES string of the molecule is CC/C=C\C/C=C\C/C=C\C/C=C\CCCCCC(=O)OC(COC(=O)CCCCCCCC/C=C\C/C=C\C/C=C\CC)COC(=O)CCCCCCCCC/C=C\C/C=C\CCCCC. The fraction of sp³-hybridized carbons (Fsp3) is 0.656. The molecule has 1 unspecified atom stereocenters. The molecule has 0 aromatic heterocycles. The molecule has 0 aromatic rings. The third-order valence-corrected chi connectivity index (χ3v) is 11.2. The summed E-state index contributed by atoms with van der Waals surface area (Å²) in [5.41, 5.74) is 0. The predicted octanol–water partition coefficient (Wildman–Crippen LogP) is 18.3. The molecule has 0 radical (unpaired) electrons. The van der Waals surface area contributed by atoms with E-state index in [0.29, 0.717) is 12.8 Å². The van der Waals surface area contributed by atoms with Gasteiger partial charge in [0.1, 0.15) is 13.2 Å². The van der Waals surface area contributed by atoms with Gasteiger partial charge in [0.25, 0.3) is 0 Å². The Labute approximate surface area is 412 Å². The molecule has 0 aromatic carbocycles. The fourth-order valence-electron chi connectivity index (χ4n) is 7.18. The van der Waals surface area contributed by atoms with E-state index in [9.17, 15) is 14.4 Å². The Morgan fingerprint density at radius 1 is 0.313 bits per heavy atom. The first kappa shape index (κ1) is 63.1. The molecule has 6 nitrogen and oxygen atoms in total. The number of ether oxygens (including phenoxy) is 3. The number of esters is 3. The summed E-state index contributed by atoms with van der Waals surface area (Å²) in [4.78, 5) is 38.1. The fourth-order valence-corrected chi connectivity index (χ4v) is 7.18. The van der Waals surface area contributed by atoms with Crippen molar-refractivity contribution >= 4 is 17.9 Å². The largest absolute Gasteiger partial charge is 0.462 e. The third kappa shape index (κ3) is 52.9. The number of unbranched alkanes of at least 4 members (excludes halogenated alkanes) is 19. The number of carbonyl (C=O) groups is 3. The number of allylic oxidation sites excluding steroid dienone is 18. The van der Waals surface area contributed by atoms with Crippen LogP contribution in [0.25, 0.3) is 0 Å². The van der Waals surface area contributed by atoms with Crippen molar-refractivity contribution in [1.82, 2.24) is 0 Å². The van der Waals surface area contributed by atoms with E-state index in [0.717, 1.165) is 135 Å². The van der Waals surface area contributed by atoms with Crippen molar-refractivity contribution in [2.24, 2.45) is 0 Å². The number of carbonyl (C=O) groups excluding carboxylic acids is 3. The zero-order valence-corrected chi connectivity index (χ0v) is 43.4. The van der Waals surface area contributed by atoms with Gasteiger partial charge in [-0.1, -0.05) is 207 Å². The highest BCUT2D eigenvalue weighted by Crippen LogP contribution is 2.14. The van der Waals surface area contributed by atoms with E-state index in [-0.39, 0.29) is 37.5 Å². The van der Waals surface area contributed by atoms with Gasteiger partial charge in [-0.3, -0.25) is 14.4 Å². The van der Waals surface area contributed by atoms with E-state index in [1.54, 1.807) is 0 Å². The first-order valence-electron chi connectivity index (χ1n) is 27.4. The molecule has 0 N–H and O–H groups in total. The van der Waals surface area contributed by atoms with Gasteiger partial charge in [0.2, 0.25) is 0 Å². The minimum absolute atomic E-state index is 0.101. The summed E-state index contributed by atoms with van der Waals surface area (Å²) in [5.74, 6) is -0.955. The quantitative estimate of drug-likeness (QED) is 0.0262. The van der Waals surface area contributed by atoms with Crippen LogP contribution in [0.3, 0.4) is 0 Å². The van der Waals surface area contributed by atoms with E-state index in [4.69, 9.17) is 14.2 Å². The van der Waals surface area contributed by atoms with Gasteiger partial charge >= 0.3 is 17.9 Å². The normalized spacial score (nSPS) is 12.9. The second kappa shape index (κ2) is 54.7. The zero-order valence-electron chi connectivity index (χ0n) is 43.4. The van der Waals surface area contributed by atoms with Crippen LogP contribution in [0.15, 0.2) is 109 Å². The summed E-state index contributed by atoms with van der Waals surface area (Å²) in [6.07, 6.45) is 73.5. The second-order valence-electron chi connectivity index (χ2n) is 17.7. The Morgan fingerprint density at radius 3 is 0.925 bits per heavy atom. The van der Waals surface area contributed by atoms with Crippen molar-refractivity contribution in [3.8, 4) is 0 Å². The van der Waals surface area contributed by atoms with E-state index < -0.39 is 6.10 Å². The maximum absolute atomic E-state index is 12.8. The highest BCUT2D eigenvalue weighted by atomic mass is 16.6. The molecule has 0 bridgehead atoms. The summed E-state index contributed by atoms with van der Waals surface area (Å²) in [6.45, 7) is 6.34. The minimum atomic E-state index is -0.806. The van der Waals surface area contributed by atoms with Crippen LogP contribution in [0.1, 0.15) is 239 Å². The highest BCUT2D eigenvalue weighted by Gasteiger charge is 2.19. The molecule has 380 valence electrons. The highest BCUT2D eigenvalue weighted by molar-refractivity contribution is 5.71. The molecule has 0 aliphatic heterocycles. The van der Waals surface area contributed by atoms with E-state index in [1.165, 1.54) is 64.2 Å². The lowest BCUT2D eigenvalue weighted by Crippen LogP contribution is -2.30. The van der Waals surface area contributed by atoms with Crippen LogP contribution < -0.4 is 0 Å². The van der Waals surface area contributed by atoms with Gasteiger partial charge in [-0.05, 0) is 122 Å². The van der Waals surface area contributed by atoms with Crippen LogP contribution in [-0.2, 0) is 28.6 Å². The first-order valence-corrected chi connectivity index (χ1v) is 27.4. The van der Waals surface area contributed by atoms with Crippen molar-refractivity contribution in [2.75, 3.05) is 13.2 Å². The minimum Gasteiger partial charge on any atom is -0.462 e. The monoisotopic (exact) mass is 929 g/mol. The van der Waals surface area contributed by atoms with Gasteiger partial charge in [0.05, 0.1) is 0 Å². The molecule has 0 saturated heterocycles. The summed E-state index contributed by atoms with van der Waals surface area (Å²) in [6, 6.07) is 0. The molecule has 0 aliphatic rings. The number of hydrogen-bond donors (Lipinski definition) is 0. The molecule has 0 rings (SSSR count). The Morgan fingerprint density at radius 2 is 0.582 bits per heavy atom. The van der Waals surface area contributed by atoms with Gasteiger partial charge in [-0.25, -0.2) is 0 Å². The van der Waals surface area contributed by atoms with E-state index in [2.05, 4.69) is 130 Å². The molecule has 6 heteroatoms. The van der Waals surface area contributed by atoms with Crippen molar-refractivity contribution in [1.29, 1.82) is 0 Å². The van der Waals surface area contributed by atoms with Gasteiger partial charge in [0.15, 0.2) is 6.10 Å². The topological polar surface area (TPSA) is 78.9 Å². The van der Waals surface area contributed by atoms with Gasteiger partial charge in [-0.2, -0.15) is 0 Å². The Hall–Kier alpha value is -3.93. The average molecular weight is 929 g/mol. The maximum atomic E-state index is 12.8. The summed E-state index contributed by atoms with van der Waals surface area (Å²) in [5, 5.41) is 0. The molecule has 1 atom stereocenters. The van der Waals surface area contributed by atoms with Crippen molar-refractivity contribution < 1.29 is 28.6 Å². The van der Waals surface area contributed by atoms with Crippen LogP contribution in [-0.4, -0.2) is 37.2 Å². The smallest absolute Gasteiger partial charge is 0.306 e. The van der Waals surface area contributed by atoms with Gasteiger partial charge < -0.3 is 14.2 Å². The first-order chi connectivity index (χ1) is 33.0. The Bertz CT molecular complexity index is 1390. The van der Waals surface area contributed by atoms with Crippen LogP contribution >= 0.6 is 0 Å². The molecular formula is C61H100O6. The van der Waals surface area contributed by atoms with Crippen LogP contribution in [0.5, 0.6) is 0 Å². The van der Waals surface area contributed by atoms with Crippen molar-refractivity contribution in [3.05, 3.63) is 109 Å². The van der Waals surface area contributed by atoms with E-state index >= 15 is 0 Å². The molecule has 0 saturated carbocycles. The van der Waals surface area contributed by atoms with Crippen molar-refractivity contribution in [2.45, 2.75) is 245 Å². The Kier molecular flexibility index (Phi) is 51.5. The Balaban J connectivity index is 4.49. The van der Waals surface area contributed by atoms with Crippen LogP contribution in [0, 0.1) is 0 Å². The molecule has 0 aliphatic carbocycles. The molecule has 0 fully saturated rings. The predicted molar refractivity (Wildman–Crippen MR) is 288 cm³/mol. The maximum Gasteiger partial charge on any atom is 0.306 e. The van der Waals surface area contributed by atoms with Crippen molar-refractivity contribution in [3.63, 3.8) is 0 Å². The molecule has 0 spiro atoms. The third-order valence-electron chi connectivity index (χ3n) is 11.2. The van der Waals surface area contributed by atoms with E-state index in [1.807, 2.05) is 0 Å². The lowest BCUT2D eigenvalue weighted by molar-refractivity contribution is -0.167. The lowest BCUT2D eigenvalue weighted by Gasteiger charge is -2.18. The molecule has 0 amide bonds. The lowest BCUT2D eigenvalue weighted by atomic mass is 10.1. The van der Waals surface area contributed by atoms with Gasteiger partial charge in [0, 0.05) is 19.3 Å². The number of hydrogen-bond acceptors (Lipinski definition) is 6. The summed E-state index contributed by atoms with van der Waals surface area (Å²) in [7, 11) is 0. The van der Waals surface area contributed by atoms with Crippen LogP contribution in [0.4, 0.5) is 0 Å². The average Bonchev–Trinajstić information content (AvgIpc) is 3.33. The van der Waals surface area contributed by atoms with Crippen LogP contribution in [0.2, 0.25) is 0 Å². The van der Waals surface area contributed by atoms with Gasteiger partial charge in [-0.15, -0.1) is 0 Å². The summed E-state index contributed by atoms with van der Waals surface area (Å²) < 4.78 is 16.8. The number of rotatable bonds is 48. The zero-order chi connectivity index (χ0) is 48.6.